The minimum absolute atomic E-state index is 0.683. The normalized spacial score (nSPS) is 28.5. The number of nitrogens with one attached hydrogen (secondary N) is 1. The maximum absolute atomic E-state index is 4.20. The highest BCUT2D eigenvalue weighted by Crippen LogP contribution is 2.34. The summed E-state index contributed by atoms with van der Waals surface area (Å²) in [5.41, 5.74) is 2.75. The first-order valence-corrected chi connectivity index (χ1v) is 7.65. The van der Waals surface area contributed by atoms with E-state index in [1.165, 1.54) is 36.9 Å². The monoisotopic (exact) mass is 259 g/mol. The van der Waals surface area contributed by atoms with Crippen LogP contribution in [0.4, 0.5) is 0 Å². The van der Waals surface area contributed by atoms with Gasteiger partial charge in [0.1, 0.15) is 0 Å². The van der Waals surface area contributed by atoms with E-state index in [1.54, 1.807) is 0 Å². The van der Waals surface area contributed by atoms with Crippen molar-refractivity contribution in [2.75, 3.05) is 13.1 Å². The molecule has 1 N–H and O–H groups in total. The zero-order valence-electron chi connectivity index (χ0n) is 12.1. The lowest BCUT2D eigenvalue weighted by atomic mass is 10.0. The fraction of sp³-hybridized carbons (Fsp3) is 0.688. The molecular formula is C16H25N3. The molecule has 19 heavy (non-hydrogen) atoms. The molecule has 0 amide bonds. The Hall–Kier alpha value is -0.930. The summed E-state index contributed by atoms with van der Waals surface area (Å²) >= 11 is 0. The van der Waals surface area contributed by atoms with Gasteiger partial charge in [0.15, 0.2) is 0 Å². The molecule has 2 fully saturated rings. The van der Waals surface area contributed by atoms with Crippen LogP contribution in [0.1, 0.15) is 37.3 Å². The summed E-state index contributed by atoms with van der Waals surface area (Å²) < 4.78 is 0. The maximum Gasteiger partial charge on any atom is 0.0300 e. The number of piperazine rings is 1. The van der Waals surface area contributed by atoms with Crippen molar-refractivity contribution in [1.29, 1.82) is 0 Å². The topological polar surface area (TPSA) is 28.2 Å². The second-order valence-electron chi connectivity index (χ2n) is 6.15. The zero-order valence-corrected chi connectivity index (χ0v) is 12.1. The van der Waals surface area contributed by atoms with Gasteiger partial charge in [-0.25, -0.2) is 0 Å². The first-order chi connectivity index (χ1) is 9.28. The molecule has 0 radical (unpaired) electrons. The van der Waals surface area contributed by atoms with Crippen molar-refractivity contribution < 1.29 is 0 Å². The van der Waals surface area contributed by atoms with Crippen LogP contribution in [0, 0.1) is 12.8 Å². The van der Waals surface area contributed by atoms with E-state index >= 15 is 0 Å². The molecule has 104 valence electrons. The van der Waals surface area contributed by atoms with Crippen LogP contribution < -0.4 is 5.32 Å². The summed E-state index contributed by atoms with van der Waals surface area (Å²) in [6, 6.07) is 3.59. The van der Waals surface area contributed by atoms with Crippen molar-refractivity contribution >= 4 is 0 Å². The lowest BCUT2D eigenvalue weighted by molar-refractivity contribution is 0.111. The Morgan fingerprint density at radius 1 is 1.42 bits per heavy atom. The van der Waals surface area contributed by atoms with Crippen LogP contribution in [0.25, 0.3) is 0 Å². The van der Waals surface area contributed by atoms with Gasteiger partial charge in [-0.15, -0.1) is 0 Å². The quantitative estimate of drug-likeness (QED) is 0.899. The van der Waals surface area contributed by atoms with E-state index < -0.39 is 0 Å². The Labute approximate surface area is 116 Å². The minimum Gasteiger partial charge on any atom is -0.311 e. The second-order valence-corrected chi connectivity index (χ2v) is 6.15. The number of hydrogen-bond donors (Lipinski definition) is 1. The number of pyridine rings is 1. The molecule has 0 spiro atoms. The van der Waals surface area contributed by atoms with Crippen LogP contribution in [0.3, 0.4) is 0 Å². The number of hydrogen-bond acceptors (Lipinski definition) is 3. The van der Waals surface area contributed by atoms with Crippen LogP contribution in [0.15, 0.2) is 18.5 Å². The molecule has 1 saturated carbocycles. The van der Waals surface area contributed by atoms with Crippen molar-refractivity contribution in [1.82, 2.24) is 15.2 Å². The lowest BCUT2D eigenvalue weighted by Crippen LogP contribution is -2.56. The van der Waals surface area contributed by atoms with E-state index in [4.69, 9.17) is 0 Å². The van der Waals surface area contributed by atoms with Crippen LogP contribution in [0.2, 0.25) is 0 Å². The Morgan fingerprint density at radius 3 is 2.95 bits per heavy atom. The molecule has 0 bridgehead atoms. The van der Waals surface area contributed by atoms with Crippen molar-refractivity contribution in [2.24, 2.45) is 5.92 Å². The van der Waals surface area contributed by atoms with Crippen LogP contribution in [-0.4, -0.2) is 35.1 Å². The molecule has 1 aliphatic heterocycles. The summed E-state index contributed by atoms with van der Waals surface area (Å²) in [6.45, 7) is 7.92. The number of nitrogens with zero attached hydrogens (tertiary/aromatic N) is 2. The van der Waals surface area contributed by atoms with Gasteiger partial charge in [0.25, 0.3) is 0 Å². The van der Waals surface area contributed by atoms with Gasteiger partial charge in [-0.05, 0) is 49.3 Å². The average molecular weight is 259 g/mol. The summed E-state index contributed by atoms with van der Waals surface area (Å²) in [7, 11) is 0. The number of aromatic nitrogens is 1. The highest BCUT2D eigenvalue weighted by atomic mass is 15.2. The fourth-order valence-corrected chi connectivity index (χ4v) is 3.19. The Kier molecular flexibility index (Phi) is 3.85. The Morgan fingerprint density at radius 2 is 2.26 bits per heavy atom. The van der Waals surface area contributed by atoms with Crippen molar-refractivity contribution in [3.05, 3.63) is 29.6 Å². The molecule has 1 saturated heterocycles. The zero-order chi connectivity index (χ0) is 13.2. The SMILES string of the molecule is CCC1CNC(C2CC2)CN1Cc1ccncc1C. The first-order valence-electron chi connectivity index (χ1n) is 7.65. The summed E-state index contributed by atoms with van der Waals surface area (Å²) in [5.74, 6) is 0.943. The Balaban J connectivity index is 1.70. The molecule has 1 aromatic heterocycles. The number of rotatable bonds is 4. The third-order valence-electron chi connectivity index (χ3n) is 4.74. The predicted octanol–water partition coefficient (Wildman–Crippen LogP) is 2.35. The minimum atomic E-state index is 0.683. The largest absolute Gasteiger partial charge is 0.311 e. The fourth-order valence-electron chi connectivity index (χ4n) is 3.19. The van der Waals surface area contributed by atoms with Crippen LogP contribution in [-0.2, 0) is 6.54 Å². The van der Waals surface area contributed by atoms with Gasteiger partial charge in [-0.1, -0.05) is 6.92 Å². The van der Waals surface area contributed by atoms with Crippen molar-refractivity contribution in [3.63, 3.8) is 0 Å². The molecule has 3 nitrogen and oxygen atoms in total. The van der Waals surface area contributed by atoms with E-state index in [0.29, 0.717) is 6.04 Å². The van der Waals surface area contributed by atoms with Gasteiger partial charge >= 0.3 is 0 Å². The number of aryl methyl sites for hydroxylation is 1. The Bertz CT molecular complexity index is 428. The molecule has 2 atom stereocenters. The van der Waals surface area contributed by atoms with E-state index in [9.17, 15) is 0 Å². The van der Waals surface area contributed by atoms with E-state index in [-0.39, 0.29) is 0 Å². The van der Waals surface area contributed by atoms with E-state index in [1.807, 2.05) is 12.4 Å². The molecule has 2 heterocycles. The molecule has 1 aliphatic carbocycles. The van der Waals surface area contributed by atoms with E-state index in [2.05, 4.69) is 35.1 Å². The second kappa shape index (κ2) is 5.59. The standard InChI is InChI=1S/C16H25N3/c1-3-15-9-18-16(13-4-5-13)11-19(15)10-14-6-7-17-8-12(14)2/h6-8,13,15-16,18H,3-5,9-11H2,1-2H3. The third-order valence-corrected chi connectivity index (χ3v) is 4.74. The highest BCUT2D eigenvalue weighted by molar-refractivity contribution is 5.21. The van der Waals surface area contributed by atoms with Crippen LogP contribution >= 0.6 is 0 Å². The predicted molar refractivity (Wildman–Crippen MR) is 78.0 cm³/mol. The summed E-state index contributed by atoms with van der Waals surface area (Å²) in [5, 5.41) is 3.76. The average Bonchev–Trinajstić information content (AvgIpc) is 3.26. The molecule has 2 aliphatic rings. The molecule has 3 rings (SSSR count). The van der Waals surface area contributed by atoms with Gasteiger partial charge in [-0.2, -0.15) is 0 Å². The summed E-state index contributed by atoms with van der Waals surface area (Å²) in [4.78, 5) is 6.88. The maximum atomic E-state index is 4.20. The molecule has 0 aromatic carbocycles. The van der Waals surface area contributed by atoms with Crippen molar-refractivity contribution in [2.45, 2.75) is 51.7 Å². The molecule has 2 unspecified atom stereocenters. The molecule has 3 heteroatoms. The van der Waals surface area contributed by atoms with Gasteiger partial charge in [0.05, 0.1) is 0 Å². The molecular weight excluding hydrogens is 234 g/mol. The third kappa shape index (κ3) is 2.98. The summed E-state index contributed by atoms with van der Waals surface area (Å²) in [6.07, 6.45) is 7.99. The van der Waals surface area contributed by atoms with Gasteiger partial charge in [-0.3, -0.25) is 9.88 Å². The lowest BCUT2D eigenvalue weighted by Gasteiger charge is -2.40. The van der Waals surface area contributed by atoms with Gasteiger partial charge in [0, 0.05) is 44.1 Å². The first kappa shape index (κ1) is 13.1. The molecule has 1 aromatic rings. The van der Waals surface area contributed by atoms with Crippen LogP contribution in [0.5, 0.6) is 0 Å². The van der Waals surface area contributed by atoms with E-state index in [0.717, 1.165) is 25.0 Å². The van der Waals surface area contributed by atoms with Gasteiger partial charge < -0.3 is 5.32 Å². The highest BCUT2D eigenvalue weighted by Gasteiger charge is 2.36. The van der Waals surface area contributed by atoms with Crippen molar-refractivity contribution in [3.8, 4) is 0 Å². The van der Waals surface area contributed by atoms with Gasteiger partial charge in [0.2, 0.25) is 0 Å². The smallest absolute Gasteiger partial charge is 0.0300 e.